The molecule has 0 radical (unpaired) electrons. The standard InChI is InChI=1S/C16H19N3O2/c1-18-8-5-9-19(11-10-18)16(20)15-12-14(17-21-15)13-6-3-2-4-7-13/h2-4,6-7,12H,5,8-11H2,1H3. The van der Waals surface area contributed by atoms with Crippen LogP contribution >= 0.6 is 0 Å². The van der Waals surface area contributed by atoms with E-state index in [1.54, 1.807) is 6.07 Å². The van der Waals surface area contributed by atoms with Gasteiger partial charge in [-0.15, -0.1) is 0 Å². The van der Waals surface area contributed by atoms with Crippen LogP contribution in [0.3, 0.4) is 0 Å². The fraction of sp³-hybridized carbons (Fsp3) is 0.375. The highest BCUT2D eigenvalue weighted by Crippen LogP contribution is 2.19. The molecule has 0 bridgehead atoms. The van der Waals surface area contributed by atoms with Gasteiger partial charge in [-0.25, -0.2) is 0 Å². The molecule has 3 rings (SSSR count). The second-order valence-corrected chi connectivity index (χ2v) is 5.39. The van der Waals surface area contributed by atoms with E-state index in [9.17, 15) is 4.79 Å². The lowest BCUT2D eigenvalue weighted by molar-refractivity contribution is 0.0721. The number of carbonyl (C=O) groups is 1. The molecular formula is C16H19N3O2. The Hall–Kier alpha value is -2.14. The molecular weight excluding hydrogens is 266 g/mol. The van der Waals surface area contributed by atoms with Crippen molar-refractivity contribution in [3.63, 3.8) is 0 Å². The van der Waals surface area contributed by atoms with Gasteiger partial charge in [0.05, 0.1) is 0 Å². The molecule has 0 N–H and O–H groups in total. The highest BCUT2D eigenvalue weighted by Gasteiger charge is 2.22. The zero-order chi connectivity index (χ0) is 14.7. The minimum atomic E-state index is -0.0695. The van der Waals surface area contributed by atoms with Crippen LogP contribution in [0.15, 0.2) is 40.9 Å². The normalized spacial score (nSPS) is 16.7. The second kappa shape index (κ2) is 6.10. The molecule has 1 aromatic carbocycles. The summed E-state index contributed by atoms with van der Waals surface area (Å²) in [4.78, 5) is 16.6. The fourth-order valence-corrected chi connectivity index (χ4v) is 2.53. The van der Waals surface area contributed by atoms with Gasteiger partial charge in [-0.3, -0.25) is 4.79 Å². The molecule has 2 aromatic rings. The molecule has 1 fully saturated rings. The minimum Gasteiger partial charge on any atom is -0.350 e. The number of nitrogens with zero attached hydrogens (tertiary/aromatic N) is 3. The van der Waals surface area contributed by atoms with Crippen LogP contribution in [0.5, 0.6) is 0 Å². The molecule has 0 spiro atoms. The molecule has 0 aliphatic carbocycles. The van der Waals surface area contributed by atoms with Crippen LogP contribution in [0.25, 0.3) is 11.3 Å². The first-order chi connectivity index (χ1) is 10.2. The van der Waals surface area contributed by atoms with Gasteiger partial charge in [0.2, 0.25) is 5.76 Å². The number of amides is 1. The van der Waals surface area contributed by atoms with E-state index in [-0.39, 0.29) is 5.91 Å². The summed E-state index contributed by atoms with van der Waals surface area (Å²) in [6.45, 7) is 3.42. The molecule has 1 aromatic heterocycles. The summed E-state index contributed by atoms with van der Waals surface area (Å²) >= 11 is 0. The van der Waals surface area contributed by atoms with Crippen molar-refractivity contribution in [2.45, 2.75) is 6.42 Å². The van der Waals surface area contributed by atoms with Crippen LogP contribution < -0.4 is 0 Å². The van der Waals surface area contributed by atoms with E-state index in [0.29, 0.717) is 11.5 Å². The number of aromatic nitrogens is 1. The Labute approximate surface area is 124 Å². The Morgan fingerprint density at radius 1 is 1.14 bits per heavy atom. The summed E-state index contributed by atoms with van der Waals surface area (Å²) in [5, 5.41) is 4.01. The Morgan fingerprint density at radius 2 is 1.95 bits per heavy atom. The number of hydrogen-bond donors (Lipinski definition) is 0. The lowest BCUT2D eigenvalue weighted by atomic mass is 10.1. The SMILES string of the molecule is CN1CCCN(C(=O)c2cc(-c3ccccc3)no2)CC1. The lowest BCUT2D eigenvalue weighted by Gasteiger charge is -2.18. The van der Waals surface area contributed by atoms with E-state index < -0.39 is 0 Å². The third kappa shape index (κ3) is 3.13. The number of benzene rings is 1. The molecule has 0 saturated carbocycles. The Bertz CT molecular complexity index is 609. The first-order valence-corrected chi connectivity index (χ1v) is 7.24. The lowest BCUT2D eigenvalue weighted by Crippen LogP contribution is -2.34. The predicted molar refractivity (Wildman–Crippen MR) is 80.0 cm³/mol. The topological polar surface area (TPSA) is 49.6 Å². The van der Waals surface area contributed by atoms with Gasteiger partial charge in [0.1, 0.15) is 5.69 Å². The van der Waals surface area contributed by atoms with Crippen molar-refractivity contribution in [2.75, 3.05) is 33.2 Å². The Kier molecular flexibility index (Phi) is 4.01. The number of hydrogen-bond acceptors (Lipinski definition) is 4. The van der Waals surface area contributed by atoms with Gasteiger partial charge in [0, 0.05) is 31.3 Å². The van der Waals surface area contributed by atoms with E-state index in [1.807, 2.05) is 35.2 Å². The molecule has 0 atom stereocenters. The Morgan fingerprint density at radius 3 is 2.76 bits per heavy atom. The maximum atomic E-state index is 12.5. The van der Waals surface area contributed by atoms with Gasteiger partial charge < -0.3 is 14.3 Å². The van der Waals surface area contributed by atoms with Crippen molar-refractivity contribution in [3.05, 3.63) is 42.2 Å². The van der Waals surface area contributed by atoms with Gasteiger partial charge in [-0.05, 0) is 20.0 Å². The zero-order valence-electron chi connectivity index (χ0n) is 12.2. The highest BCUT2D eigenvalue weighted by atomic mass is 16.5. The first kappa shape index (κ1) is 13.8. The summed E-state index contributed by atoms with van der Waals surface area (Å²) in [5.74, 6) is 0.249. The van der Waals surface area contributed by atoms with Crippen LogP contribution in [0.2, 0.25) is 0 Å². The summed E-state index contributed by atoms with van der Waals surface area (Å²) in [7, 11) is 2.08. The molecule has 1 aliphatic heterocycles. The quantitative estimate of drug-likeness (QED) is 0.848. The van der Waals surface area contributed by atoms with Gasteiger partial charge in [0.15, 0.2) is 0 Å². The van der Waals surface area contributed by atoms with Crippen molar-refractivity contribution in [1.82, 2.24) is 15.0 Å². The molecule has 110 valence electrons. The number of rotatable bonds is 2. The van der Waals surface area contributed by atoms with Gasteiger partial charge >= 0.3 is 0 Å². The average Bonchev–Trinajstić information content (AvgIpc) is 2.91. The van der Waals surface area contributed by atoms with E-state index in [0.717, 1.165) is 38.2 Å². The van der Waals surface area contributed by atoms with E-state index in [1.165, 1.54) is 0 Å². The smallest absolute Gasteiger partial charge is 0.292 e. The maximum Gasteiger partial charge on any atom is 0.292 e. The van der Waals surface area contributed by atoms with Gasteiger partial charge in [-0.2, -0.15) is 0 Å². The van der Waals surface area contributed by atoms with Crippen molar-refractivity contribution in [2.24, 2.45) is 0 Å². The highest BCUT2D eigenvalue weighted by molar-refractivity contribution is 5.92. The van der Waals surface area contributed by atoms with Crippen molar-refractivity contribution in [1.29, 1.82) is 0 Å². The van der Waals surface area contributed by atoms with Crippen molar-refractivity contribution < 1.29 is 9.32 Å². The maximum absolute atomic E-state index is 12.5. The summed E-state index contributed by atoms with van der Waals surface area (Å²) in [5.41, 5.74) is 1.65. The fourth-order valence-electron chi connectivity index (χ4n) is 2.53. The molecule has 1 amide bonds. The number of carbonyl (C=O) groups excluding carboxylic acids is 1. The van der Waals surface area contributed by atoms with Gasteiger partial charge in [0.25, 0.3) is 5.91 Å². The van der Waals surface area contributed by atoms with E-state index in [4.69, 9.17) is 4.52 Å². The molecule has 0 unspecified atom stereocenters. The van der Waals surface area contributed by atoms with Crippen molar-refractivity contribution >= 4 is 5.91 Å². The zero-order valence-corrected chi connectivity index (χ0v) is 12.2. The second-order valence-electron chi connectivity index (χ2n) is 5.39. The number of likely N-dealkylation sites (N-methyl/N-ethyl adjacent to an activating group) is 1. The van der Waals surface area contributed by atoms with Crippen LogP contribution in [0.4, 0.5) is 0 Å². The van der Waals surface area contributed by atoms with Crippen LogP contribution in [0, 0.1) is 0 Å². The third-order valence-electron chi connectivity index (χ3n) is 3.80. The minimum absolute atomic E-state index is 0.0695. The summed E-state index contributed by atoms with van der Waals surface area (Å²) < 4.78 is 5.25. The molecule has 5 nitrogen and oxygen atoms in total. The van der Waals surface area contributed by atoms with Gasteiger partial charge in [-0.1, -0.05) is 35.5 Å². The predicted octanol–water partition coefficient (Wildman–Crippen LogP) is 2.12. The average molecular weight is 285 g/mol. The van der Waals surface area contributed by atoms with Crippen molar-refractivity contribution in [3.8, 4) is 11.3 Å². The monoisotopic (exact) mass is 285 g/mol. The molecule has 21 heavy (non-hydrogen) atoms. The third-order valence-corrected chi connectivity index (χ3v) is 3.80. The molecule has 1 saturated heterocycles. The van der Waals surface area contributed by atoms with E-state index in [2.05, 4.69) is 17.1 Å². The van der Waals surface area contributed by atoms with E-state index >= 15 is 0 Å². The Balaban J connectivity index is 1.75. The summed E-state index contributed by atoms with van der Waals surface area (Å²) in [6, 6.07) is 11.5. The van der Waals surface area contributed by atoms with Crippen LogP contribution in [-0.2, 0) is 0 Å². The first-order valence-electron chi connectivity index (χ1n) is 7.24. The summed E-state index contributed by atoms with van der Waals surface area (Å²) in [6.07, 6.45) is 0.988. The molecule has 1 aliphatic rings. The largest absolute Gasteiger partial charge is 0.350 e. The van der Waals surface area contributed by atoms with Crippen LogP contribution in [0.1, 0.15) is 17.0 Å². The molecule has 2 heterocycles. The van der Waals surface area contributed by atoms with Crippen LogP contribution in [-0.4, -0.2) is 54.1 Å². The molecule has 5 heteroatoms.